The molecular formula is C13H9ClN2OS2. The van der Waals surface area contributed by atoms with Crippen molar-refractivity contribution >= 4 is 55.4 Å². The number of aromatic nitrogens is 1. The number of benzene rings is 1. The average Bonchev–Trinajstić information content (AvgIpc) is 2.97. The number of nitrogens with one attached hydrogen (secondary N) is 1. The summed E-state index contributed by atoms with van der Waals surface area (Å²) in [6.07, 6.45) is 1.65. The van der Waals surface area contributed by atoms with Gasteiger partial charge in [-0.15, -0.1) is 22.7 Å². The Kier molecular flexibility index (Phi) is 3.26. The molecule has 96 valence electrons. The second-order valence-electron chi connectivity index (χ2n) is 4.04. The van der Waals surface area contributed by atoms with Crippen LogP contribution in [-0.4, -0.2) is 10.9 Å². The summed E-state index contributed by atoms with van der Waals surface area (Å²) in [6.45, 7) is 2.02. The van der Waals surface area contributed by atoms with Gasteiger partial charge in [-0.3, -0.25) is 10.1 Å². The van der Waals surface area contributed by atoms with E-state index in [1.165, 1.54) is 22.7 Å². The van der Waals surface area contributed by atoms with Gasteiger partial charge in [0.25, 0.3) is 5.91 Å². The molecule has 3 rings (SSSR count). The van der Waals surface area contributed by atoms with Crippen LogP contribution in [-0.2, 0) is 0 Å². The van der Waals surface area contributed by atoms with E-state index in [1.807, 2.05) is 30.5 Å². The molecule has 0 aliphatic rings. The highest BCUT2D eigenvalue weighted by Crippen LogP contribution is 2.36. The maximum Gasteiger partial charge on any atom is 0.269 e. The molecule has 0 unspecified atom stereocenters. The summed E-state index contributed by atoms with van der Waals surface area (Å²) in [4.78, 5) is 16.7. The van der Waals surface area contributed by atoms with E-state index in [0.29, 0.717) is 15.0 Å². The van der Waals surface area contributed by atoms with Gasteiger partial charge in [-0.1, -0.05) is 23.7 Å². The van der Waals surface area contributed by atoms with Crippen molar-refractivity contribution in [3.8, 4) is 0 Å². The average molecular weight is 309 g/mol. The van der Waals surface area contributed by atoms with Crippen LogP contribution in [0.1, 0.15) is 15.2 Å². The molecule has 0 bridgehead atoms. The number of hydrogen-bond donors (Lipinski definition) is 1. The normalized spacial score (nSPS) is 10.8. The number of hydrogen-bond acceptors (Lipinski definition) is 4. The van der Waals surface area contributed by atoms with Crippen molar-refractivity contribution in [3.05, 3.63) is 45.2 Å². The SMILES string of the molecule is Cc1ccc2c(Cl)c(C(=O)Nc3nccs3)sc2c1. The first-order valence-electron chi connectivity index (χ1n) is 5.54. The lowest BCUT2D eigenvalue weighted by Crippen LogP contribution is -2.10. The molecule has 3 aromatic rings. The van der Waals surface area contributed by atoms with E-state index in [0.717, 1.165) is 15.6 Å². The Morgan fingerprint density at radius 1 is 1.42 bits per heavy atom. The first-order chi connectivity index (χ1) is 9.15. The molecule has 0 aliphatic heterocycles. The van der Waals surface area contributed by atoms with E-state index in [-0.39, 0.29) is 5.91 Å². The van der Waals surface area contributed by atoms with Crippen molar-refractivity contribution in [2.24, 2.45) is 0 Å². The molecular weight excluding hydrogens is 300 g/mol. The van der Waals surface area contributed by atoms with Crippen LogP contribution in [0.3, 0.4) is 0 Å². The maximum absolute atomic E-state index is 12.2. The topological polar surface area (TPSA) is 42.0 Å². The summed E-state index contributed by atoms with van der Waals surface area (Å²) in [5.41, 5.74) is 1.15. The standard InChI is InChI=1S/C13H9ClN2OS2/c1-7-2-3-8-9(6-7)19-11(10(8)14)12(17)16-13-15-4-5-18-13/h2-6H,1H3,(H,15,16,17). The van der Waals surface area contributed by atoms with Gasteiger partial charge in [0.2, 0.25) is 0 Å². The van der Waals surface area contributed by atoms with Crippen LogP contribution in [0.5, 0.6) is 0 Å². The van der Waals surface area contributed by atoms with Crippen LogP contribution in [0.15, 0.2) is 29.8 Å². The molecule has 0 saturated heterocycles. The maximum atomic E-state index is 12.2. The van der Waals surface area contributed by atoms with Gasteiger partial charge < -0.3 is 0 Å². The van der Waals surface area contributed by atoms with Gasteiger partial charge >= 0.3 is 0 Å². The van der Waals surface area contributed by atoms with E-state index >= 15 is 0 Å². The Bertz CT molecular complexity index is 749. The van der Waals surface area contributed by atoms with Crippen LogP contribution >= 0.6 is 34.3 Å². The molecule has 19 heavy (non-hydrogen) atoms. The van der Waals surface area contributed by atoms with Crippen molar-refractivity contribution in [2.75, 3.05) is 5.32 Å². The third-order valence-electron chi connectivity index (χ3n) is 2.64. The van der Waals surface area contributed by atoms with Crippen LogP contribution in [0.25, 0.3) is 10.1 Å². The summed E-state index contributed by atoms with van der Waals surface area (Å²) in [5, 5.41) is 6.56. The second-order valence-corrected chi connectivity index (χ2v) is 6.36. The fraction of sp³-hybridized carbons (Fsp3) is 0.0769. The summed E-state index contributed by atoms with van der Waals surface area (Å²) >= 11 is 9.06. The number of thiophene rings is 1. The fourth-order valence-corrected chi connectivity index (χ4v) is 3.79. The lowest BCUT2D eigenvalue weighted by atomic mass is 10.2. The minimum atomic E-state index is -0.209. The Labute approximate surface area is 122 Å². The van der Waals surface area contributed by atoms with E-state index < -0.39 is 0 Å². The summed E-state index contributed by atoms with van der Waals surface area (Å²) in [6, 6.07) is 5.97. The summed E-state index contributed by atoms with van der Waals surface area (Å²) in [7, 11) is 0. The van der Waals surface area contributed by atoms with Crippen molar-refractivity contribution in [1.82, 2.24) is 4.98 Å². The van der Waals surface area contributed by atoms with Crippen LogP contribution < -0.4 is 5.32 Å². The van der Waals surface area contributed by atoms with Crippen LogP contribution in [0.4, 0.5) is 5.13 Å². The Hall–Kier alpha value is -1.43. The first-order valence-corrected chi connectivity index (χ1v) is 7.62. The Balaban J connectivity index is 2.00. The minimum absolute atomic E-state index is 0.209. The third-order valence-corrected chi connectivity index (χ3v) is 4.99. The molecule has 6 heteroatoms. The summed E-state index contributed by atoms with van der Waals surface area (Å²) < 4.78 is 1.02. The first kappa shape index (κ1) is 12.6. The second kappa shape index (κ2) is 4.92. The van der Waals surface area contributed by atoms with Crippen LogP contribution in [0, 0.1) is 6.92 Å². The third kappa shape index (κ3) is 2.36. The molecule has 0 saturated carbocycles. The monoisotopic (exact) mass is 308 g/mol. The molecule has 3 nitrogen and oxygen atoms in total. The van der Waals surface area contributed by atoms with Gasteiger partial charge in [-0.2, -0.15) is 0 Å². The van der Waals surface area contributed by atoms with Crippen molar-refractivity contribution < 1.29 is 4.79 Å². The number of carbonyl (C=O) groups excluding carboxylic acids is 1. The molecule has 1 aromatic carbocycles. The summed E-state index contributed by atoms with van der Waals surface area (Å²) in [5.74, 6) is -0.209. The molecule has 2 aromatic heterocycles. The van der Waals surface area contributed by atoms with Gasteiger partial charge in [0.1, 0.15) is 4.88 Å². The van der Waals surface area contributed by atoms with E-state index in [4.69, 9.17) is 11.6 Å². The number of nitrogens with zero attached hydrogens (tertiary/aromatic N) is 1. The lowest BCUT2D eigenvalue weighted by molar-refractivity contribution is 0.103. The predicted octanol–water partition coefficient (Wildman–Crippen LogP) is 4.57. The van der Waals surface area contributed by atoms with Crippen molar-refractivity contribution in [3.63, 3.8) is 0 Å². The van der Waals surface area contributed by atoms with Gasteiger partial charge in [0.05, 0.1) is 5.02 Å². The zero-order valence-corrected chi connectivity index (χ0v) is 12.3. The number of fused-ring (bicyclic) bond motifs is 1. The Morgan fingerprint density at radius 2 is 2.26 bits per heavy atom. The number of rotatable bonds is 2. The van der Waals surface area contributed by atoms with Crippen LogP contribution in [0.2, 0.25) is 5.02 Å². The number of anilines is 1. The van der Waals surface area contributed by atoms with Gasteiger partial charge in [0, 0.05) is 21.7 Å². The Morgan fingerprint density at radius 3 is 3.00 bits per heavy atom. The molecule has 1 amide bonds. The predicted molar refractivity (Wildman–Crippen MR) is 81.6 cm³/mol. The zero-order valence-electron chi connectivity index (χ0n) is 9.94. The van der Waals surface area contributed by atoms with Crippen molar-refractivity contribution in [2.45, 2.75) is 6.92 Å². The van der Waals surface area contributed by atoms with Gasteiger partial charge in [-0.25, -0.2) is 4.98 Å². The van der Waals surface area contributed by atoms with Gasteiger partial charge in [-0.05, 0) is 18.6 Å². The largest absolute Gasteiger partial charge is 0.297 e. The number of aryl methyl sites for hydroxylation is 1. The van der Waals surface area contributed by atoms with Gasteiger partial charge in [0.15, 0.2) is 5.13 Å². The zero-order chi connectivity index (χ0) is 13.4. The number of thiazole rings is 1. The number of amides is 1. The molecule has 0 spiro atoms. The van der Waals surface area contributed by atoms with E-state index in [2.05, 4.69) is 10.3 Å². The van der Waals surface area contributed by atoms with E-state index in [9.17, 15) is 4.79 Å². The molecule has 1 N–H and O–H groups in total. The lowest BCUT2D eigenvalue weighted by Gasteiger charge is -1.98. The quantitative estimate of drug-likeness (QED) is 0.753. The molecule has 2 heterocycles. The smallest absolute Gasteiger partial charge is 0.269 e. The molecule has 0 radical (unpaired) electrons. The molecule has 0 atom stereocenters. The molecule has 0 fully saturated rings. The number of halogens is 1. The number of carbonyl (C=O) groups is 1. The van der Waals surface area contributed by atoms with Crippen molar-refractivity contribution in [1.29, 1.82) is 0 Å². The minimum Gasteiger partial charge on any atom is -0.297 e. The highest BCUT2D eigenvalue weighted by atomic mass is 35.5. The fourth-order valence-electron chi connectivity index (χ4n) is 1.76. The molecule has 0 aliphatic carbocycles. The van der Waals surface area contributed by atoms with E-state index in [1.54, 1.807) is 6.20 Å². The highest BCUT2D eigenvalue weighted by molar-refractivity contribution is 7.21. The highest BCUT2D eigenvalue weighted by Gasteiger charge is 2.17.